The number of aromatic nitrogens is 3. The van der Waals surface area contributed by atoms with E-state index in [2.05, 4.69) is 43.2 Å². The number of hydrogen-bond donors (Lipinski definition) is 1. The number of rotatable bonds is 10. The molecular weight excluding hydrogens is 486 g/mol. The first-order valence-corrected chi connectivity index (χ1v) is 13.1. The van der Waals surface area contributed by atoms with E-state index in [9.17, 15) is 5.26 Å². The number of nitriles is 1. The second-order valence-electron chi connectivity index (χ2n) is 9.82. The molecule has 1 N–H and O–H groups in total. The predicted molar refractivity (Wildman–Crippen MR) is 153 cm³/mol. The highest BCUT2D eigenvalue weighted by Crippen LogP contribution is 2.31. The van der Waals surface area contributed by atoms with E-state index in [4.69, 9.17) is 14.3 Å². The maximum atomic E-state index is 9.67. The molecule has 0 saturated carbocycles. The Morgan fingerprint density at radius 3 is 2.44 bits per heavy atom. The molecule has 5 aromatic rings. The number of anilines is 1. The summed E-state index contributed by atoms with van der Waals surface area (Å²) in [5.41, 5.74) is 5.81. The highest BCUT2D eigenvalue weighted by Gasteiger charge is 2.18. The highest BCUT2D eigenvalue weighted by molar-refractivity contribution is 5.66. The largest absolute Gasteiger partial charge is 0.493 e. The van der Waals surface area contributed by atoms with Crippen LogP contribution in [0.3, 0.4) is 0 Å². The normalized spacial score (nSPS) is 10.9. The van der Waals surface area contributed by atoms with Crippen molar-refractivity contribution in [3.63, 3.8) is 0 Å². The van der Waals surface area contributed by atoms with Crippen LogP contribution in [0, 0.1) is 24.2 Å². The molecule has 2 aromatic heterocycles. The van der Waals surface area contributed by atoms with Crippen molar-refractivity contribution in [2.24, 2.45) is 5.92 Å². The van der Waals surface area contributed by atoms with Crippen molar-refractivity contribution in [2.45, 2.75) is 33.7 Å². The Bertz CT molecular complexity index is 1580. The molecule has 0 saturated heterocycles. The lowest BCUT2D eigenvalue weighted by molar-refractivity contribution is 0.288. The van der Waals surface area contributed by atoms with Gasteiger partial charge in [-0.05, 0) is 67.3 Å². The molecule has 0 unspecified atom stereocenters. The van der Waals surface area contributed by atoms with Crippen LogP contribution in [0.25, 0.3) is 28.4 Å². The first-order chi connectivity index (χ1) is 19.0. The quantitative estimate of drug-likeness (QED) is 0.207. The van der Waals surface area contributed by atoms with E-state index < -0.39 is 0 Å². The summed E-state index contributed by atoms with van der Waals surface area (Å²) in [5.74, 6) is 2.21. The summed E-state index contributed by atoms with van der Waals surface area (Å²) in [7, 11) is 0. The van der Waals surface area contributed by atoms with Crippen LogP contribution < -0.4 is 10.1 Å². The number of benzene rings is 3. The number of aryl methyl sites for hydroxylation is 1. The summed E-state index contributed by atoms with van der Waals surface area (Å²) < 4.78 is 13.8. The van der Waals surface area contributed by atoms with Crippen LogP contribution in [-0.2, 0) is 6.54 Å². The molecule has 7 nitrogen and oxygen atoms in total. The van der Waals surface area contributed by atoms with Gasteiger partial charge in [-0.3, -0.25) is 0 Å². The molecule has 0 atom stereocenters. The van der Waals surface area contributed by atoms with Gasteiger partial charge in [0.15, 0.2) is 0 Å². The van der Waals surface area contributed by atoms with Gasteiger partial charge in [-0.1, -0.05) is 50.2 Å². The molecule has 0 aliphatic carbocycles. The minimum Gasteiger partial charge on any atom is -0.493 e. The summed E-state index contributed by atoms with van der Waals surface area (Å²) in [5, 5.41) is 17.9. The van der Waals surface area contributed by atoms with E-state index in [-0.39, 0.29) is 5.69 Å². The molecule has 2 heterocycles. The number of ether oxygens (including phenoxy) is 1. The number of hydrogen-bond acceptors (Lipinski definition) is 6. The molecular formula is C32H31N5O2. The molecule has 3 aromatic carbocycles. The van der Waals surface area contributed by atoms with Crippen molar-refractivity contribution in [2.75, 3.05) is 11.9 Å². The molecule has 7 heteroatoms. The van der Waals surface area contributed by atoms with Gasteiger partial charge in [-0.2, -0.15) is 15.3 Å². The smallest absolute Gasteiger partial charge is 0.232 e. The first-order valence-electron chi connectivity index (χ1n) is 13.1. The second-order valence-corrected chi connectivity index (χ2v) is 9.82. The monoisotopic (exact) mass is 517 g/mol. The third kappa shape index (κ3) is 6.02. The first kappa shape index (κ1) is 25.8. The number of oxazole rings is 1. The Labute approximate surface area is 228 Å². The van der Waals surface area contributed by atoms with Crippen LogP contribution in [-0.4, -0.2) is 21.4 Å². The van der Waals surface area contributed by atoms with Crippen molar-refractivity contribution >= 4 is 5.88 Å². The average Bonchev–Trinajstić information content (AvgIpc) is 3.58. The fraction of sp³-hybridized carbons (Fsp3) is 0.219. The Kier molecular flexibility index (Phi) is 7.74. The van der Waals surface area contributed by atoms with E-state index >= 15 is 0 Å². The molecule has 5 rings (SSSR count). The van der Waals surface area contributed by atoms with Crippen molar-refractivity contribution in [3.8, 4) is 40.2 Å². The van der Waals surface area contributed by atoms with Gasteiger partial charge >= 0.3 is 0 Å². The van der Waals surface area contributed by atoms with Gasteiger partial charge in [-0.25, -0.2) is 4.68 Å². The zero-order chi connectivity index (χ0) is 27.2. The Balaban J connectivity index is 1.44. The summed E-state index contributed by atoms with van der Waals surface area (Å²) in [6.07, 6.45) is 3.01. The minimum atomic E-state index is 0.213. The van der Waals surface area contributed by atoms with Gasteiger partial charge < -0.3 is 14.5 Å². The second kappa shape index (κ2) is 11.7. The lowest BCUT2D eigenvalue weighted by Gasteiger charge is -2.12. The van der Waals surface area contributed by atoms with Crippen LogP contribution in [0.4, 0.5) is 5.88 Å². The van der Waals surface area contributed by atoms with Crippen LogP contribution >= 0.6 is 0 Å². The van der Waals surface area contributed by atoms with E-state index in [1.165, 1.54) is 0 Å². The van der Waals surface area contributed by atoms with Crippen LogP contribution in [0.2, 0.25) is 0 Å². The van der Waals surface area contributed by atoms with Crippen molar-refractivity contribution in [1.29, 1.82) is 5.26 Å². The fourth-order valence-corrected chi connectivity index (χ4v) is 4.25. The highest BCUT2D eigenvalue weighted by atomic mass is 16.5. The Morgan fingerprint density at radius 1 is 1.00 bits per heavy atom. The molecule has 0 amide bonds. The summed E-state index contributed by atoms with van der Waals surface area (Å²) in [6.45, 7) is 7.53. The lowest BCUT2D eigenvalue weighted by atomic mass is 10.0. The van der Waals surface area contributed by atoms with Gasteiger partial charge in [0, 0.05) is 29.4 Å². The summed E-state index contributed by atoms with van der Waals surface area (Å²) in [4.78, 5) is 4.38. The molecule has 39 heavy (non-hydrogen) atoms. The van der Waals surface area contributed by atoms with Crippen LogP contribution in [0.5, 0.6) is 5.75 Å². The van der Waals surface area contributed by atoms with Gasteiger partial charge in [0.25, 0.3) is 0 Å². The summed E-state index contributed by atoms with van der Waals surface area (Å²) >= 11 is 0. The SMILES string of the molecule is Cc1cc(-c2nn(-c3ccccc3)cc2CNc2oc(-c3ccccc3)nc2C#N)ccc1OCCC(C)C. The maximum absolute atomic E-state index is 9.67. The van der Waals surface area contributed by atoms with Gasteiger partial charge in [0.05, 0.1) is 18.0 Å². The molecule has 0 fully saturated rings. The molecule has 196 valence electrons. The van der Waals surface area contributed by atoms with Crippen molar-refractivity contribution < 1.29 is 9.15 Å². The number of nitrogens with one attached hydrogen (secondary N) is 1. The standard InChI is InChI=1S/C32H31N5O2/c1-22(2)16-17-38-29-15-14-25(18-23(29)3)30-26(21-37(36-30)27-12-8-5-9-13-27)20-34-32-28(19-33)35-31(39-32)24-10-6-4-7-11-24/h4-15,18,21-22,34H,16-17,20H2,1-3H3. The minimum absolute atomic E-state index is 0.213. The molecule has 0 aliphatic rings. The topological polar surface area (TPSA) is 88.9 Å². The van der Waals surface area contributed by atoms with Gasteiger partial charge in [0.2, 0.25) is 17.5 Å². The van der Waals surface area contributed by atoms with Crippen molar-refractivity contribution in [3.05, 3.63) is 102 Å². The fourth-order valence-electron chi connectivity index (χ4n) is 4.25. The zero-order valence-corrected chi connectivity index (χ0v) is 22.4. The van der Waals surface area contributed by atoms with E-state index in [1.807, 2.05) is 83.7 Å². The maximum Gasteiger partial charge on any atom is 0.232 e. The van der Waals surface area contributed by atoms with E-state index in [1.54, 1.807) is 0 Å². The van der Waals surface area contributed by atoms with Crippen molar-refractivity contribution in [1.82, 2.24) is 14.8 Å². The Hall–Kier alpha value is -4.83. The molecule has 0 bridgehead atoms. The molecule has 0 spiro atoms. The lowest BCUT2D eigenvalue weighted by Crippen LogP contribution is -2.03. The van der Waals surface area contributed by atoms with Crippen LogP contribution in [0.1, 0.15) is 37.1 Å². The van der Waals surface area contributed by atoms with Crippen LogP contribution in [0.15, 0.2) is 89.5 Å². The predicted octanol–water partition coefficient (Wildman–Crippen LogP) is 7.41. The van der Waals surface area contributed by atoms with Gasteiger partial charge in [0.1, 0.15) is 11.8 Å². The van der Waals surface area contributed by atoms with E-state index in [0.29, 0.717) is 30.8 Å². The molecule has 0 radical (unpaired) electrons. The average molecular weight is 518 g/mol. The third-order valence-electron chi connectivity index (χ3n) is 6.41. The van der Waals surface area contributed by atoms with Gasteiger partial charge in [-0.15, -0.1) is 0 Å². The van der Waals surface area contributed by atoms with E-state index in [0.717, 1.165) is 45.8 Å². The zero-order valence-electron chi connectivity index (χ0n) is 22.4. The Morgan fingerprint density at radius 2 is 1.74 bits per heavy atom. The number of nitrogens with zero attached hydrogens (tertiary/aromatic N) is 4. The molecule has 0 aliphatic heterocycles. The number of para-hydroxylation sites is 1. The summed E-state index contributed by atoms with van der Waals surface area (Å²) in [6, 6.07) is 27.8. The third-order valence-corrected chi connectivity index (χ3v) is 6.41.